The molecular formula is C15H13ClN2O4S. The zero-order valence-corrected chi connectivity index (χ0v) is 13.7. The molecule has 0 bridgehead atoms. The molecule has 0 spiro atoms. The zero-order valence-electron chi connectivity index (χ0n) is 12.1. The lowest BCUT2D eigenvalue weighted by Crippen LogP contribution is -2.40. The van der Waals surface area contributed by atoms with Crippen molar-refractivity contribution in [2.24, 2.45) is 0 Å². The van der Waals surface area contributed by atoms with Crippen LogP contribution in [0.15, 0.2) is 36.4 Å². The molecule has 0 atom stereocenters. The van der Waals surface area contributed by atoms with E-state index in [2.05, 4.69) is 15.6 Å². The molecule has 0 aliphatic heterocycles. The summed E-state index contributed by atoms with van der Waals surface area (Å²) in [7, 11) is 0. The van der Waals surface area contributed by atoms with Gasteiger partial charge in [0.1, 0.15) is 4.88 Å². The largest absolute Gasteiger partial charge is 0.463 e. The Balaban J connectivity index is 1.97. The molecule has 0 unspecified atom stereocenters. The van der Waals surface area contributed by atoms with Gasteiger partial charge in [0.25, 0.3) is 11.8 Å². The van der Waals surface area contributed by atoms with Gasteiger partial charge in [-0.25, -0.2) is 4.79 Å². The molecule has 23 heavy (non-hydrogen) atoms. The minimum atomic E-state index is -0.663. The van der Waals surface area contributed by atoms with Crippen LogP contribution in [0.1, 0.15) is 16.6 Å². The fourth-order valence-electron chi connectivity index (χ4n) is 1.71. The first-order valence-corrected chi connectivity index (χ1v) is 7.84. The zero-order chi connectivity index (χ0) is 16.8. The van der Waals surface area contributed by atoms with E-state index in [4.69, 9.17) is 11.6 Å². The van der Waals surface area contributed by atoms with Gasteiger partial charge in [-0.1, -0.05) is 29.8 Å². The Labute approximate surface area is 141 Å². The molecule has 0 radical (unpaired) electrons. The second kappa shape index (κ2) is 7.75. The molecule has 120 valence electrons. The molecule has 2 N–H and O–H groups in total. The van der Waals surface area contributed by atoms with Gasteiger partial charge in [0.05, 0.1) is 11.6 Å². The van der Waals surface area contributed by atoms with E-state index in [1.807, 2.05) is 24.3 Å². The van der Waals surface area contributed by atoms with E-state index in [1.165, 1.54) is 11.3 Å². The average Bonchev–Trinajstić information content (AvgIpc) is 2.88. The highest BCUT2D eigenvalue weighted by atomic mass is 35.5. The second-order valence-corrected chi connectivity index (χ2v) is 5.70. The number of fused-ring (bicyclic) bond motifs is 1. The van der Waals surface area contributed by atoms with Gasteiger partial charge in [0, 0.05) is 22.2 Å². The van der Waals surface area contributed by atoms with Crippen LogP contribution in [0.2, 0.25) is 5.02 Å². The van der Waals surface area contributed by atoms with Crippen molar-refractivity contribution in [2.45, 2.75) is 6.92 Å². The summed E-state index contributed by atoms with van der Waals surface area (Å²) in [6.07, 6.45) is 1.93. The molecule has 2 amide bonds. The van der Waals surface area contributed by atoms with Crippen molar-refractivity contribution in [3.63, 3.8) is 0 Å². The Morgan fingerprint density at radius 2 is 1.96 bits per heavy atom. The van der Waals surface area contributed by atoms with Crippen LogP contribution in [0.5, 0.6) is 0 Å². The van der Waals surface area contributed by atoms with Crippen LogP contribution in [0.3, 0.4) is 0 Å². The predicted octanol–water partition coefficient (Wildman–Crippen LogP) is 2.44. The molecule has 1 aromatic heterocycles. The third-order valence-corrected chi connectivity index (χ3v) is 4.37. The number of hydrogen-bond donors (Lipinski definition) is 2. The number of thiophene rings is 1. The topological polar surface area (TPSA) is 84.5 Å². The van der Waals surface area contributed by atoms with E-state index in [0.29, 0.717) is 9.90 Å². The highest BCUT2D eigenvalue weighted by molar-refractivity contribution is 7.21. The molecule has 8 heteroatoms. The van der Waals surface area contributed by atoms with Crippen LogP contribution >= 0.6 is 22.9 Å². The van der Waals surface area contributed by atoms with Gasteiger partial charge in [-0.2, -0.15) is 0 Å². The maximum Gasteiger partial charge on any atom is 0.330 e. The number of esters is 1. The third kappa shape index (κ3) is 4.30. The van der Waals surface area contributed by atoms with Crippen molar-refractivity contribution in [2.75, 3.05) is 6.61 Å². The number of benzene rings is 1. The number of amides is 2. The number of halogens is 1. The van der Waals surface area contributed by atoms with Gasteiger partial charge in [-0.3, -0.25) is 20.4 Å². The van der Waals surface area contributed by atoms with Gasteiger partial charge in [-0.05, 0) is 13.0 Å². The molecule has 6 nitrogen and oxygen atoms in total. The first kappa shape index (κ1) is 17.0. The third-order valence-electron chi connectivity index (χ3n) is 2.70. The smallest absolute Gasteiger partial charge is 0.330 e. The average molecular weight is 353 g/mol. The first-order chi connectivity index (χ1) is 11.0. The molecule has 2 rings (SSSR count). The molecule has 0 aliphatic rings. The first-order valence-electron chi connectivity index (χ1n) is 6.65. The van der Waals surface area contributed by atoms with Crippen LogP contribution in [-0.4, -0.2) is 24.4 Å². The number of rotatable bonds is 4. The monoisotopic (exact) mass is 352 g/mol. The molecule has 0 saturated heterocycles. The summed E-state index contributed by atoms with van der Waals surface area (Å²) in [5, 5.41) is 1.11. The summed E-state index contributed by atoms with van der Waals surface area (Å²) in [5.74, 6) is -1.83. The Kier molecular flexibility index (Phi) is 5.72. The van der Waals surface area contributed by atoms with E-state index in [9.17, 15) is 14.4 Å². The SMILES string of the molecule is CCOC(=O)/C=C/C(=O)NNC(=O)c1sc2ccccc2c1Cl. The molecule has 0 aliphatic carbocycles. The molecule has 0 fully saturated rings. The Morgan fingerprint density at radius 3 is 2.65 bits per heavy atom. The van der Waals surface area contributed by atoms with E-state index in [-0.39, 0.29) is 6.61 Å². The van der Waals surface area contributed by atoms with Crippen molar-refractivity contribution >= 4 is 50.8 Å². The second-order valence-electron chi connectivity index (χ2n) is 4.27. The van der Waals surface area contributed by atoms with E-state index < -0.39 is 17.8 Å². The van der Waals surface area contributed by atoms with E-state index in [0.717, 1.165) is 22.2 Å². The summed E-state index contributed by atoms with van der Waals surface area (Å²) >= 11 is 7.39. The molecule has 1 aromatic carbocycles. The highest BCUT2D eigenvalue weighted by Gasteiger charge is 2.16. The minimum Gasteiger partial charge on any atom is -0.463 e. The number of nitrogens with one attached hydrogen (secondary N) is 2. The predicted molar refractivity (Wildman–Crippen MR) is 88.2 cm³/mol. The number of carbonyl (C=O) groups excluding carboxylic acids is 3. The van der Waals surface area contributed by atoms with Gasteiger partial charge < -0.3 is 4.74 Å². The van der Waals surface area contributed by atoms with Crippen LogP contribution in [0.25, 0.3) is 10.1 Å². The normalized spacial score (nSPS) is 10.7. The van der Waals surface area contributed by atoms with Crippen molar-refractivity contribution in [3.05, 3.63) is 46.3 Å². The number of carbonyl (C=O) groups is 3. The summed E-state index contributed by atoms with van der Waals surface area (Å²) in [4.78, 5) is 34.9. The Hall–Kier alpha value is -2.38. The summed E-state index contributed by atoms with van der Waals surface area (Å²) in [6, 6.07) is 7.33. The maximum absolute atomic E-state index is 12.1. The Morgan fingerprint density at radius 1 is 1.22 bits per heavy atom. The summed E-state index contributed by atoms with van der Waals surface area (Å²) in [5.41, 5.74) is 4.41. The lowest BCUT2D eigenvalue weighted by Gasteiger charge is -2.03. The van der Waals surface area contributed by atoms with Crippen LogP contribution in [0.4, 0.5) is 0 Å². The van der Waals surface area contributed by atoms with Crippen molar-refractivity contribution in [1.29, 1.82) is 0 Å². The van der Waals surface area contributed by atoms with Gasteiger partial charge in [0.2, 0.25) is 0 Å². The lowest BCUT2D eigenvalue weighted by atomic mass is 10.2. The summed E-state index contributed by atoms with van der Waals surface area (Å²) in [6.45, 7) is 1.87. The molecule has 0 saturated carbocycles. The van der Waals surface area contributed by atoms with Crippen LogP contribution < -0.4 is 10.9 Å². The highest BCUT2D eigenvalue weighted by Crippen LogP contribution is 2.34. The quantitative estimate of drug-likeness (QED) is 0.503. The molecule has 1 heterocycles. The maximum atomic E-state index is 12.1. The van der Waals surface area contributed by atoms with Crippen LogP contribution in [-0.2, 0) is 14.3 Å². The fraction of sp³-hybridized carbons (Fsp3) is 0.133. The molecule has 2 aromatic rings. The number of hydrazine groups is 1. The van der Waals surface area contributed by atoms with E-state index in [1.54, 1.807) is 6.92 Å². The standard InChI is InChI=1S/C15H13ClN2O4S/c1-2-22-12(20)8-7-11(19)17-18-15(21)14-13(16)9-5-3-4-6-10(9)23-14/h3-8H,2H2,1H3,(H,17,19)(H,18,21)/b8-7+. The van der Waals surface area contributed by atoms with Crippen molar-refractivity contribution < 1.29 is 19.1 Å². The Bertz CT molecular complexity index is 785. The van der Waals surface area contributed by atoms with E-state index >= 15 is 0 Å². The lowest BCUT2D eigenvalue weighted by molar-refractivity contribution is -0.137. The molecular weight excluding hydrogens is 340 g/mol. The van der Waals surface area contributed by atoms with Crippen molar-refractivity contribution in [3.8, 4) is 0 Å². The van der Waals surface area contributed by atoms with Gasteiger partial charge in [0.15, 0.2) is 0 Å². The number of hydrogen-bond acceptors (Lipinski definition) is 5. The van der Waals surface area contributed by atoms with Gasteiger partial charge >= 0.3 is 5.97 Å². The van der Waals surface area contributed by atoms with Crippen LogP contribution in [0, 0.1) is 0 Å². The van der Waals surface area contributed by atoms with Crippen molar-refractivity contribution in [1.82, 2.24) is 10.9 Å². The van der Waals surface area contributed by atoms with Gasteiger partial charge in [-0.15, -0.1) is 11.3 Å². The summed E-state index contributed by atoms with van der Waals surface area (Å²) < 4.78 is 5.50. The fourth-order valence-corrected chi connectivity index (χ4v) is 3.12. The minimum absolute atomic E-state index is 0.214. The number of ether oxygens (including phenoxy) is 1.